The van der Waals surface area contributed by atoms with Gasteiger partial charge in [-0.25, -0.2) is 0 Å². The van der Waals surface area contributed by atoms with E-state index in [1.54, 1.807) is 12.0 Å². The van der Waals surface area contributed by atoms with Gasteiger partial charge in [0.1, 0.15) is 11.9 Å². The minimum atomic E-state index is -0.704. The van der Waals surface area contributed by atoms with Crippen molar-refractivity contribution in [1.82, 2.24) is 4.90 Å². The number of methoxy groups -OCH3 is 1. The van der Waals surface area contributed by atoms with Gasteiger partial charge in [-0.1, -0.05) is 25.0 Å². The highest BCUT2D eigenvalue weighted by Crippen LogP contribution is 2.29. The summed E-state index contributed by atoms with van der Waals surface area (Å²) in [7, 11) is 1.59. The summed E-state index contributed by atoms with van der Waals surface area (Å²) in [5.41, 5.74) is 1.82. The molecule has 1 aliphatic rings. The largest absolute Gasteiger partial charge is 0.496 e. The Kier molecular flexibility index (Phi) is 4.65. The highest BCUT2D eigenvalue weighted by molar-refractivity contribution is 5.78. The minimum absolute atomic E-state index is 0.141. The number of likely N-dealkylation sites (tertiary alicyclic amines) is 1. The topological polar surface area (TPSA) is 49.8 Å². The van der Waals surface area contributed by atoms with E-state index in [1.165, 1.54) is 0 Å². The van der Waals surface area contributed by atoms with Gasteiger partial charge < -0.3 is 14.7 Å². The highest BCUT2D eigenvalue weighted by atomic mass is 16.5. The van der Waals surface area contributed by atoms with Gasteiger partial charge >= 0.3 is 0 Å². The molecule has 1 aromatic carbocycles. The molecule has 0 spiro atoms. The van der Waals surface area contributed by atoms with Gasteiger partial charge in [-0.2, -0.15) is 0 Å². The van der Waals surface area contributed by atoms with Crippen molar-refractivity contribution in [3.63, 3.8) is 0 Å². The van der Waals surface area contributed by atoms with Gasteiger partial charge in [-0.15, -0.1) is 0 Å². The second kappa shape index (κ2) is 6.27. The van der Waals surface area contributed by atoms with Gasteiger partial charge in [0.25, 0.3) is 0 Å². The molecule has 0 aliphatic carbocycles. The Morgan fingerprint density at radius 2 is 2.25 bits per heavy atom. The van der Waals surface area contributed by atoms with Crippen LogP contribution in [0.25, 0.3) is 0 Å². The summed E-state index contributed by atoms with van der Waals surface area (Å²) in [6, 6.07) is 5.72. The van der Waals surface area contributed by atoms with Crippen LogP contribution in [0.5, 0.6) is 5.75 Å². The molecular weight excluding hydrogens is 254 g/mol. The number of aryl methyl sites for hydroxylation is 1. The number of amides is 1. The molecular formula is C16H23NO3. The molecule has 2 rings (SSSR count). The average molecular weight is 277 g/mol. The Bertz CT molecular complexity index is 487. The van der Waals surface area contributed by atoms with Crippen LogP contribution in [0.3, 0.4) is 0 Å². The molecule has 1 heterocycles. The lowest BCUT2D eigenvalue weighted by Crippen LogP contribution is -2.30. The normalized spacial score (nSPS) is 20.3. The zero-order valence-corrected chi connectivity index (χ0v) is 12.4. The number of hydrogen-bond donors (Lipinski definition) is 1. The number of aliphatic hydroxyl groups excluding tert-OH is 1. The van der Waals surface area contributed by atoms with Crippen LogP contribution in [0.15, 0.2) is 18.2 Å². The van der Waals surface area contributed by atoms with Crippen molar-refractivity contribution in [2.75, 3.05) is 20.2 Å². The lowest BCUT2D eigenvalue weighted by Gasteiger charge is -2.22. The first-order valence-electron chi connectivity index (χ1n) is 7.15. The first-order valence-corrected chi connectivity index (χ1v) is 7.15. The Hall–Kier alpha value is -1.55. The van der Waals surface area contributed by atoms with Crippen molar-refractivity contribution < 1.29 is 14.6 Å². The monoisotopic (exact) mass is 277 g/mol. The van der Waals surface area contributed by atoms with Crippen molar-refractivity contribution in [3.05, 3.63) is 29.3 Å². The van der Waals surface area contributed by atoms with Gasteiger partial charge in [0.2, 0.25) is 5.91 Å². The summed E-state index contributed by atoms with van der Waals surface area (Å²) in [5.74, 6) is 1.23. The zero-order valence-electron chi connectivity index (χ0n) is 12.4. The third-order valence-corrected chi connectivity index (χ3v) is 4.01. The Labute approximate surface area is 120 Å². The number of ether oxygens (including phenoxy) is 1. The van der Waals surface area contributed by atoms with Crippen LogP contribution in [0.4, 0.5) is 0 Å². The van der Waals surface area contributed by atoms with Gasteiger partial charge in [0, 0.05) is 18.5 Å². The molecule has 2 atom stereocenters. The smallest absolute Gasteiger partial charge is 0.223 e. The van der Waals surface area contributed by atoms with Crippen molar-refractivity contribution in [3.8, 4) is 5.75 Å². The second-order valence-electron chi connectivity index (χ2n) is 5.54. The standard InChI is InChI=1S/C16H23NO3/c1-4-12-8-16(19)17(9-12)10-14(18)13-7-11(2)5-6-15(13)20-3/h5-7,12,14,18H,4,8-10H2,1-3H3. The maximum Gasteiger partial charge on any atom is 0.223 e. The van der Waals surface area contributed by atoms with Crippen molar-refractivity contribution in [1.29, 1.82) is 0 Å². The summed E-state index contributed by atoms with van der Waals surface area (Å²) in [6.07, 6.45) is 0.907. The summed E-state index contributed by atoms with van der Waals surface area (Å²) < 4.78 is 5.29. The van der Waals surface area contributed by atoms with E-state index in [1.807, 2.05) is 25.1 Å². The van der Waals surface area contributed by atoms with E-state index in [2.05, 4.69) is 6.92 Å². The molecule has 1 aliphatic heterocycles. The zero-order chi connectivity index (χ0) is 14.7. The summed E-state index contributed by atoms with van der Waals surface area (Å²) >= 11 is 0. The van der Waals surface area contributed by atoms with Crippen molar-refractivity contribution in [2.45, 2.75) is 32.8 Å². The average Bonchev–Trinajstić information content (AvgIpc) is 2.79. The Morgan fingerprint density at radius 1 is 1.50 bits per heavy atom. The lowest BCUT2D eigenvalue weighted by molar-refractivity contribution is -0.129. The summed E-state index contributed by atoms with van der Waals surface area (Å²) in [6.45, 7) is 5.17. The van der Waals surface area contributed by atoms with E-state index >= 15 is 0 Å². The number of carbonyl (C=O) groups is 1. The van der Waals surface area contributed by atoms with E-state index in [-0.39, 0.29) is 5.91 Å². The number of benzene rings is 1. The number of β-amino-alcohol motifs (C(OH)–C–C–N with tert-alkyl or cyclic N) is 1. The molecule has 0 aromatic heterocycles. The molecule has 20 heavy (non-hydrogen) atoms. The number of carbonyl (C=O) groups excluding carboxylic acids is 1. The molecule has 2 unspecified atom stereocenters. The summed E-state index contributed by atoms with van der Waals surface area (Å²) in [4.78, 5) is 13.7. The quantitative estimate of drug-likeness (QED) is 0.898. The van der Waals surface area contributed by atoms with Gasteiger partial charge in [0.05, 0.1) is 13.7 Å². The molecule has 110 valence electrons. The number of nitrogens with zero attached hydrogens (tertiary/aromatic N) is 1. The molecule has 0 saturated carbocycles. The summed E-state index contributed by atoms with van der Waals surface area (Å²) in [5, 5.41) is 10.4. The predicted octanol–water partition coefficient (Wildman–Crippen LogP) is 2.30. The second-order valence-corrected chi connectivity index (χ2v) is 5.54. The first kappa shape index (κ1) is 14.9. The highest BCUT2D eigenvalue weighted by Gasteiger charge is 2.30. The fourth-order valence-corrected chi connectivity index (χ4v) is 2.73. The fraction of sp³-hybridized carbons (Fsp3) is 0.562. The van der Waals surface area contributed by atoms with Crippen LogP contribution in [0.2, 0.25) is 0 Å². The Balaban J connectivity index is 2.10. The van der Waals surface area contributed by atoms with E-state index < -0.39 is 6.10 Å². The van der Waals surface area contributed by atoms with Crippen LogP contribution >= 0.6 is 0 Å². The van der Waals surface area contributed by atoms with E-state index in [0.717, 1.165) is 24.1 Å². The third-order valence-electron chi connectivity index (χ3n) is 4.01. The maximum atomic E-state index is 11.9. The maximum absolute atomic E-state index is 11.9. The van der Waals surface area contributed by atoms with Crippen molar-refractivity contribution >= 4 is 5.91 Å². The molecule has 1 N–H and O–H groups in total. The Morgan fingerprint density at radius 3 is 2.85 bits per heavy atom. The molecule has 1 fully saturated rings. The van der Waals surface area contributed by atoms with Crippen LogP contribution in [0.1, 0.15) is 37.0 Å². The molecule has 1 saturated heterocycles. The van der Waals surface area contributed by atoms with E-state index in [4.69, 9.17) is 4.74 Å². The lowest BCUT2D eigenvalue weighted by atomic mass is 10.0. The van der Waals surface area contributed by atoms with E-state index in [0.29, 0.717) is 24.6 Å². The van der Waals surface area contributed by atoms with Gasteiger partial charge in [-0.3, -0.25) is 4.79 Å². The fourth-order valence-electron chi connectivity index (χ4n) is 2.73. The van der Waals surface area contributed by atoms with Gasteiger partial charge in [-0.05, 0) is 25.0 Å². The van der Waals surface area contributed by atoms with Crippen LogP contribution in [-0.4, -0.2) is 36.1 Å². The minimum Gasteiger partial charge on any atom is -0.496 e. The van der Waals surface area contributed by atoms with Crippen LogP contribution in [0, 0.1) is 12.8 Å². The molecule has 0 radical (unpaired) electrons. The third kappa shape index (κ3) is 3.12. The number of rotatable bonds is 5. The van der Waals surface area contributed by atoms with E-state index in [9.17, 15) is 9.90 Å². The number of aliphatic hydroxyl groups is 1. The number of hydrogen-bond acceptors (Lipinski definition) is 3. The predicted molar refractivity (Wildman–Crippen MR) is 77.7 cm³/mol. The van der Waals surface area contributed by atoms with Crippen LogP contribution < -0.4 is 4.74 Å². The molecule has 4 heteroatoms. The van der Waals surface area contributed by atoms with Crippen LogP contribution in [-0.2, 0) is 4.79 Å². The molecule has 0 bridgehead atoms. The molecule has 4 nitrogen and oxygen atoms in total. The van der Waals surface area contributed by atoms with Crippen molar-refractivity contribution in [2.24, 2.45) is 5.92 Å². The first-order chi connectivity index (χ1) is 9.55. The SMILES string of the molecule is CCC1CC(=O)N(CC(O)c2cc(C)ccc2OC)C1. The van der Waals surface area contributed by atoms with Gasteiger partial charge in [0.15, 0.2) is 0 Å². The molecule has 1 aromatic rings. The molecule has 1 amide bonds.